The number of nitrogens with zero attached hydrogens (tertiary/aromatic N) is 1. The van der Waals surface area contributed by atoms with Gasteiger partial charge in [-0.2, -0.15) is 0 Å². The van der Waals surface area contributed by atoms with Crippen LogP contribution in [0.2, 0.25) is 0 Å². The van der Waals surface area contributed by atoms with E-state index >= 15 is 0 Å². The second kappa shape index (κ2) is 4.38. The molecule has 0 saturated carbocycles. The summed E-state index contributed by atoms with van der Waals surface area (Å²) in [5.41, 5.74) is 2.94. The van der Waals surface area contributed by atoms with Gasteiger partial charge < -0.3 is 4.98 Å². The van der Waals surface area contributed by atoms with Gasteiger partial charge in [0.15, 0.2) is 0 Å². The van der Waals surface area contributed by atoms with Crippen LogP contribution in [0.5, 0.6) is 0 Å². The van der Waals surface area contributed by atoms with E-state index in [9.17, 15) is 4.79 Å². The molecule has 3 nitrogen and oxygen atoms in total. The topological polar surface area (TPSA) is 45.8 Å². The van der Waals surface area contributed by atoms with Crippen molar-refractivity contribution in [2.45, 2.75) is 13.3 Å². The minimum absolute atomic E-state index is 0.173. The van der Waals surface area contributed by atoms with Gasteiger partial charge in [0.05, 0.1) is 15.9 Å². The van der Waals surface area contributed by atoms with Crippen molar-refractivity contribution < 1.29 is 4.79 Å². The number of hydrogen-bond donors (Lipinski definition) is 1. The molecule has 2 aromatic heterocycles. The van der Waals surface area contributed by atoms with Crippen LogP contribution < -0.4 is 0 Å². The van der Waals surface area contributed by atoms with E-state index in [1.54, 1.807) is 18.3 Å². The van der Waals surface area contributed by atoms with Crippen molar-refractivity contribution >= 4 is 28.2 Å². The highest BCUT2D eigenvalue weighted by molar-refractivity contribution is 7.13. The molecule has 1 N–H and O–H groups in total. The third-order valence-corrected chi connectivity index (χ3v) is 3.63. The number of carbonyl (C=O) groups excluding carboxylic acids is 1. The Bertz CT molecular complexity index is 698. The van der Waals surface area contributed by atoms with Crippen molar-refractivity contribution in [2.75, 3.05) is 0 Å². The Hall–Kier alpha value is -1.94. The van der Waals surface area contributed by atoms with Crippen molar-refractivity contribution in [1.29, 1.82) is 0 Å². The molecule has 0 radical (unpaired) electrons. The summed E-state index contributed by atoms with van der Waals surface area (Å²) in [5, 5.41) is 2.03. The second-order valence-electron chi connectivity index (χ2n) is 4.29. The average Bonchev–Trinajstić information content (AvgIpc) is 2.95. The number of imidazole rings is 1. The first-order valence-electron chi connectivity index (χ1n) is 5.74. The molecule has 0 aliphatic rings. The van der Waals surface area contributed by atoms with Crippen molar-refractivity contribution in [2.24, 2.45) is 0 Å². The molecule has 3 rings (SSSR count). The molecule has 0 aliphatic heterocycles. The number of rotatable bonds is 3. The summed E-state index contributed by atoms with van der Waals surface area (Å²) in [6, 6.07) is 9.97. The molecule has 3 aromatic rings. The lowest BCUT2D eigenvalue weighted by Gasteiger charge is -1.96. The van der Waals surface area contributed by atoms with E-state index in [1.807, 2.05) is 35.7 Å². The van der Waals surface area contributed by atoms with Crippen LogP contribution in [0, 0.1) is 0 Å². The van der Waals surface area contributed by atoms with E-state index < -0.39 is 0 Å². The van der Waals surface area contributed by atoms with Crippen LogP contribution >= 0.6 is 11.3 Å². The molecule has 18 heavy (non-hydrogen) atoms. The van der Waals surface area contributed by atoms with Gasteiger partial charge in [0, 0.05) is 6.42 Å². The number of ketones is 1. The molecule has 0 aliphatic carbocycles. The lowest BCUT2D eigenvalue weighted by molar-refractivity contribution is -0.116. The maximum Gasteiger partial charge on any atom is 0.148 e. The van der Waals surface area contributed by atoms with Crippen LogP contribution in [0.4, 0.5) is 0 Å². The molecule has 0 fully saturated rings. The van der Waals surface area contributed by atoms with E-state index in [-0.39, 0.29) is 5.78 Å². The highest BCUT2D eigenvalue weighted by atomic mass is 32.1. The first-order valence-corrected chi connectivity index (χ1v) is 6.62. The number of hydrogen-bond acceptors (Lipinski definition) is 3. The SMILES string of the molecule is CC(=O)Cc1ccc2nc(-c3cccs3)[nH]c2c1. The summed E-state index contributed by atoms with van der Waals surface area (Å²) < 4.78 is 0. The van der Waals surface area contributed by atoms with E-state index in [0.29, 0.717) is 6.42 Å². The van der Waals surface area contributed by atoms with Crippen LogP contribution in [0.3, 0.4) is 0 Å². The third-order valence-electron chi connectivity index (χ3n) is 2.75. The number of carbonyl (C=O) groups is 1. The van der Waals surface area contributed by atoms with Crippen LogP contribution in [0.25, 0.3) is 21.7 Å². The molecule has 90 valence electrons. The quantitative estimate of drug-likeness (QED) is 0.780. The summed E-state index contributed by atoms with van der Waals surface area (Å²) >= 11 is 1.66. The largest absolute Gasteiger partial charge is 0.337 e. The zero-order chi connectivity index (χ0) is 12.5. The molecule has 0 unspecified atom stereocenters. The Labute approximate surface area is 108 Å². The Morgan fingerprint density at radius 2 is 2.28 bits per heavy atom. The summed E-state index contributed by atoms with van der Waals surface area (Å²) in [7, 11) is 0. The van der Waals surface area contributed by atoms with Gasteiger partial charge in [-0.05, 0) is 36.1 Å². The van der Waals surface area contributed by atoms with E-state index in [4.69, 9.17) is 0 Å². The van der Waals surface area contributed by atoms with Gasteiger partial charge in [-0.3, -0.25) is 4.79 Å². The van der Waals surface area contributed by atoms with Crippen LogP contribution in [-0.4, -0.2) is 15.8 Å². The number of H-pyrrole nitrogens is 1. The summed E-state index contributed by atoms with van der Waals surface area (Å²) in [4.78, 5) is 20.1. The normalized spacial score (nSPS) is 10.9. The number of nitrogens with one attached hydrogen (secondary N) is 1. The van der Waals surface area contributed by atoms with Gasteiger partial charge in [-0.15, -0.1) is 11.3 Å². The fraction of sp³-hybridized carbons (Fsp3) is 0.143. The van der Waals surface area contributed by atoms with Gasteiger partial charge >= 0.3 is 0 Å². The van der Waals surface area contributed by atoms with Crippen molar-refractivity contribution in [3.8, 4) is 10.7 Å². The van der Waals surface area contributed by atoms with Crippen LogP contribution in [0.1, 0.15) is 12.5 Å². The lowest BCUT2D eigenvalue weighted by Crippen LogP contribution is -1.95. The predicted molar refractivity (Wildman–Crippen MR) is 73.8 cm³/mol. The number of aromatic nitrogens is 2. The molecule has 0 saturated heterocycles. The maximum absolute atomic E-state index is 11.1. The van der Waals surface area contributed by atoms with Gasteiger partial charge in [-0.1, -0.05) is 12.1 Å². The van der Waals surface area contributed by atoms with E-state index in [0.717, 1.165) is 27.3 Å². The summed E-state index contributed by atoms with van der Waals surface area (Å²) in [6.45, 7) is 1.61. The second-order valence-corrected chi connectivity index (χ2v) is 5.24. The molecule has 0 atom stereocenters. The van der Waals surface area contributed by atoms with Crippen LogP contribution in [0.15, 0.2) is 35.7 Å². The van der Waals surface area contributed by atoms with Gasteiger partial charge in [0.2, 0.25) is 0 Å². The van der Waals surface area contributed by atoms with Crippen LogP contribution in [-0.2, 0) is 11.2 Å². The van der Waals surface area contributed by atoms with Gasteiger partial charge in [0.1, 0.15) is 11.6 Å². The van der Waals surface area contributed by atoms with Gasteiger partial charge in [0.25, 0.3) is 0 Å². The molecule has 2 heterocycles. The Balaban J connectivity index is 2.04. The Morgan fingerprint density at radius 1 is 1.39 bits per heavy atom. The lowest BCUT2D eigenvalue weighted by atomic mass is 10.1. The molecule has 0 amide bonds. The monoisotopic (exact) mass is 256 g/mol. The fourth-order valence-corrected chi connectivity index (χ4v) is 2.65. The van der Waals surface area contributed by atoms with Crippen molar-refractivity contribution in [1.82, 2.24) is 9.97 Å². The van der Waals surface area contributed by atoms with E-state index in [2.05, 4.69) is 9.97 Å². The molecule has 1 aromatic carbocycles. The first kappa shape index (κ1) is 11.2. The van der Waals surface area contributed by atoms with Crippen molar-refractivity contribution in [3.05, 3.63) is 41.3 Å². The molecular formula is C14H12N2OS. The predicted octanol–water partition coefficient (Wildman–Crippen LogP) is 3.42. The van der Waals surface area contributed by atoms with Gasteiger partial charge in [-0.25, -0.2) is 4.98 Å². The van der Waals surface area contributed by atoms with Crippen molar-refractivity contribution in [3.63, 3.8) is 0 Å². The summed E-state index contributed by atoms with van der Waals surface area (Å²) in [5.74, 6) is 1.06. The first-order chi connectivity index (χ1) is 8.72. The number of fused-ring (bicyclic) bond motifs is 1. The summed E-state index contributed by atoms with van der Waals surface area (Å²) in [6.07, 6.45) is 0.475. The molecule has 0 bridgehead atoms. The Kier molecular flexibility index (Phi) is 2.72. The maximum atomic E-state index is 11.1. The highest BCUT2D eigenvalue weighted by Crippen LogP contribution is 2.25. The Morgan fingerprint density at radius 3 is 3.00 bits per heavy atom. The number of thiophene rings is 1. The van der Waals surface area contributed by atoms with E-state index in [1.165, 1.54) is 0 Å². The number of benzene rings is 1. The fourth-order valence-electron chi connectivity index (χ4n) is 1.98. The molecular weight excluding hydrogens is 244 g/mol. The average molecular weight is 256 g/mol. The smallest absolute Gasteiger partial charge is 0.148 e. The third kappa shape index (κ3) is 2.07. The number of aromatic amines is 1. The highest BCUT2D eigenvalue weighted by Gasteiger charge is 2.07. The minimum Gasteiger partial charge on any atom is -0.337 e. The molecule has 4 heteroatoms. The standard InChI is InChI=1S/C14H12N2OS/c1-9(17)7-10-4-5-11-12(8-10)16-14(15-11)13-3-2-6-18-13/h2-6,8H,7H2,1H3,(H,15,16). The zero-order valence-corrected chi connectivity index (χ0v) is 10.8. The minimum atomic E-state index is 0.173. The molecule has 0 spiro atoms. The zero-order valence-electron chi connectivity index (χ0n) is 9.93. The number of Topliss-reactive ketones (excluding diaryl/α,β-unsaturated/α-hetero) is 1.